The second-order valence-electron chi connectivity index (χ2n) is 4.45. The molecule has 2 aromatic rings. The van der Waals surface area contributed by atoms with E-state index in [-0.39, 0.29) is 23.2 Å². The van der Waals surface area contributed by atoms with Crippen LogP contribution in [0.1, 0.15) is 18.5 Å². The Morgan fingerprint density at radius 2 is 1.90 bits per heavy atom. The summed E-state index contributed by atoms with van der Waals surface area (Å²) in [7, 11) is 1.50. The lowest BCUT2D eigenvalue weighted by molar-refractivity contribution is 0.414. The summed E-state index contributed by atoms with van der Waals surface area (Å²) in [5.74, 6) is 0.183. The SMILES string of the molecule is COc1ccc(F)c(NC(C)c2cc(O)ccc2O)c1. The Hall–Kier alpha value is -2.43. The van der Waals surface area contributed by atoms with Crippen LogP contribution in [0.25, 0.3) is 0 Å². The van der Waals surface area contributed by atoms with Crippen molar-refractivity contribution >= 4 is 5.69 Å². The lowest BCUT2D eigenvalue weighted by Crippen LogP contribution is -2.08. The molecule has 0 aliphatic heterocycles. The number of methoxy groups -OCH3 is 1. The highest BCUT2D eigenvalue weighted by atomic mass is 19.1. The minimum absolute atomic E-state index is 0.0334. The van der Waals surface area contributed by atoms with Gasteiger partial charge in [0.25, 0.3) is 0 Å². The summed E-state index contributed by atoms with van der Waals surface area (Å²) >= 11 is 0. The summed E-state index contributed by atoms with van der Waals surface area (Å²) in [5, 5.41) is 22.2. The summed E-state index contributed by atoms with van der Waals surface area (Å²) in [6.45, 7) is 1.76. The zero-order valence-corrected chi connectivity index (χ0v) is 11.2. The average molecular weight is 277 g/mol. The highest BCUT2D eigenvalue weighted by Crippen LogP contribution is 2.31. The van der Waals surface area contributed by atoms with Crippen molar-refractivity contribution in [2.24, 2.45) is 0 Å². The van der Waals surface area contributed by atoms with Crippen LogP contribution in [-0.4, -0.2) is 17.3 Å². The number of aromatic hydroxyl groups is 2. The maximum Gasteiger partial charge on any atom is 0.146 e. The Balaban J connectivity index is 2.27. The van der Waals surface area contributed by atoms with Gasteiger partial charge in [0.15, 0.2) is 0 Å². The third-order valence-electron chi connectivity index (χ3n) is 3.02. The second kappa shape index (κ2) is 5.69. The molecule has 0 aliphatic carbocycles. The summed E-state index contributed by atoms with van der Waals surface area (Å²) in [6.07, 6.45) is 0. The maximum absolute atomic E-state index is 13.7. The Bertz CT molecular complexity index is 616. The first-order valence-corrected chi connectivity index (χ1v) is 6.13. The lowest BCUT2D eigenvalue weighted by Gasteiger charge is -2.18. The number of hydrogen-bond donors (Lipinski definition) is 3. The molecular formula is C15H16FNO3. The monoisotopic (exact) mass is 277 g/mol. The van der Waals surface area contributed by atoms with E-state index in [1.54, 1.807) is 6.92 Å². The van der Waals surface area contributed by atoms with Gasteiger partial charge in [0.1, 0.15) is 23.1 Å². The third kappa shape index (κ3) is 2.93. The zero-order chi connectivity index (χ0) is 14.7. The van der Waals surface area contributed by atoms with E-state index in [1.165, 1.54) is 43.5 Å². The number of phenols is 2. The number of nitrogens with one attached hydrogen (secondary N) is 1. The molecule has 0 aliphatic rings. The van der Waals surface area contributed by atoms with Crippen LogP contribution in [-0.2, 0) is 0 Å². The van der Waals surface area contributed by atoms with Crippen LogP contribution in [0.4, 0.5) is 10.1 Å². The summed E-state index contributed by atoms with van der Waals surface area (Å²) in [6, 6.07) is 8.19. The predicted octanol–water partition coefficient (Wildman–Crippen LogP) is 3.42. The van der Waals surface area contributed by atoms with E-state index in [0.717, 1.165) is 0 Å². The van der Waals surface area contributed by atoms with Gasteiger partial charge in [-0.3, -0.25) is 0 Å². The van der Waals surface area contributed by atoms with Gasteiger partial charge in [-0.25, -0.2) is 4.39 Å². The molecular weight excluding hydrogens is 261 g/mol. The normalized spacial score (nSPS) is 11.9. The molecule has 0 amide bonds. The molecule has 4 nitrogen and oxygen atoms in total. The van der Waals surface area contributed by atoms with Crippen molar-refractivity contribution in [3.8, 4) is 17.2 Å². The fourth-order valence-corrected chi connectivity index (χ4v) is 1.94. The molecule has 0 fully saturated rings. The molecule has 106 valence electrons. The van der Waals surface area contributed by atoms with Gasteiger partial charge in [-0.05, 0) is 37.3 Å². The zero-order valence-electron chi connectivity index (χ0n) is 11.2. The summed E-state index contributed by atoms with van der Waals surface area (Å²) < 4.78 is 18.8. The van der Waals surface area contributed by atoms with Crippen molar-refractivity contribution in [2.45, 2.75) is 13.0 Å². The van der Waals surface area contributed by atoms with Crippen molar-refractivity contribution in [1.82, 2.24) is 0 Å². The molecule has 0 heterocycles. The van der Waals surface area contributed by atoms with Crippen molar-refractivity contribution < 1.29 is 19.3 Å². The van der Waals surface area contributed by atoms with Crippen molar-refractivity contribution in [3.05, 3.63) is 47.8 Å². The molecule has 5 heteroatoms. The molecule has 3 N–H and O–H groups in total. The molecule has 2 aromatic carbocycles. The van der Waals surface area contributed by atoms with E-state index in [2.05, 4.69) is 5.32 Å². The Kier molecular flexibility index (Phi) is 3.98. The number of hydrogen-bond acceptors (Lipinski definition) is 4. The maximum atomic E-state index is 13.7. The highest BCUT2D eigenvalue weighted by molar-refractivity contribution is 5.52. The highest BCUT2D eigenvalue weighted by Gasteiger charge is 2.13. The topological polar surface area (TPSA) is 61.7 Å². The third-order valence-corrected chi connectivity index (χ3v) is 3.02. The lowest BCUT2D eigenvalue weighted by atomic mass is 10.1. The van der Waals surface area contributed by atoms with E-state index in [9.17, 15) is 14.6 Å². The van der Waals surface area contributed by atoms with Gasteiger partial charge in [-0.15, -0.1) is 0 Å². The first-order chi connectivity index (χ1) is 9.51. The average Bonchev–Trinajstić information content (AvgIpc) is 2.43. The van der Waals surface area contributed by atoms with E-state index in [4.69, 9.17) is 4.74 Å². The van der Waals surface area contributed by atoms with E-state index >= 15 is 0 Å². The molecule has 0 bridgehead atoms. The molecule has 0 aromatic heterocycles. The molecule has 0 saturated heterocycles. The largest absolute Gasteiger partial charge is 0.508 e. The molecule has 20 heavy (non-hydrogen) atoms. The van der Waals surface area contributed by atoms with Crippen LogP contribution in [0.3, 0.4) is 0 Å². The fourth-order valence-electron chi connectivity index (χ4n) is 1.94. The number of rotatable bonds is 4. The predicted molar refractivity (Wildman–Crippen MR) is 74.8 cm³/mol. The van der Waals surface area contributed by atoms with Crippen LogP contribution in [0.15, 0.2) is 36.4 Å². The Morgan fingerprint density at radius 1 is 1.15 bits per heavy atom. The summed E-state index contributed by atoms with van der Waals surface area (Å²) in [5.41, 5.74) is 0.742. The van der Waals surface area contributed by atoms with Gasteiger partial charge in [-0.1, -0.05) is 0 Å². The van der Waals surface area contributed by atoms with Crippen LogP contribution >= 0.6 is 0 Å². The van der Waals surface area contributed by atoms with Gasteiger partial charge in [0.2, 0.25) is 0 Å². The minimum Gasteiger partial charge on any atom is -0.508 e. The number of phenolic OH excluding ortho intramolecular Hbond substituents is 2. The van der Waals surface area contributed by atoms with Crippen LogP contribution < -0.4 is 10.1 Å². The quantitative estimate of drug-likeness (QED) is 0.749. The molecule has 0 spiro atoms. The standard InChI is InChI=1S/C15H16FNO3/c1-9(12-7-10(18)3-6-15(12)19)17-14-8-11(20-2)4-5-13(14)16/h3-9,17-19H,1-2H3. The van der Waals surface area contributed by atoms with Crippen molar-refractivity contribution in [2.75, 3.05) is 12.4 Å². The van der Waals surface area contributed by atoms with Crippen molar-refractivity contribution in [3.63, 3.8) is 0 Å². The number of ether oxygens (including phenoxy) is 1. The number of halogens is 1. The fraction of sp³-hybridized carbons (Fsp3) is 0.200. The second-order valence-corrected chi connectivity index (χ2v) is 4.45. The van der Waals surface area contributed by atoms with Gasteiger partial charge in [0, 0.05) is 11.6 Å². The molecule has 2 rings (SSSR count). The van der Waals surface area contributed by atoms with Gasteiger partial charge in [-0.2, -0.15) is 0 Å². The van der Waals surface area contributed by atoms with Gasteiger partial charge in [0.05, 0.1) is 18.8 Å². The number of anilines is 1. The van der Waals surface area contributed by atoms with E-state index in [1.807, 2.05) is 0 Å². The van der Waals surface area contributed by atoms with Crippen LogP contribution in [0.2, 0.25) is 0 Å². The smallest absolute Gasteiger partial charge is 0.146 e. The number of benzene rings is 2. The van der Waals surface area contributed by atoms with Gasteiger partial charge < -0.3 is 20.3 Å². The van der Waals surface area contributed by atoms with E-state index in [0.29, 0.717) is 11.3 Å². The van der Waals surface area contributed by atoms with Crippen LogP contribution in [0.5, 0.6) is 17.2 Å². The molecule has 0 saturated carbocycles. The molecule has 1 unspecified atom stereocenters. The van der Waals surface area contributed by atoms with E-state index < -0.39 is 5.82 Å². The van der Waals surface area contributed by atoms with Crippen LogP contribution in [0, 0.1) is 5.82 Å². The minimum atomic E-state index is -0.419. The molecule has 0 radical (unpaired) electrons. The first-order valence-electron chi connectivity index (χ1n) is 6.13. The Labute approximate surface area is 116 Å². The molecule has 1 atom stereocenters. The van der Waals surface area contributed by atoms with Gasteiger partial charge >= 0.3 is 0 Å². The first kappa shape index (κ1) is 14.0. The Morgan fingerprint density at radius 3 is 2.60 bits per heavy atom. The summed E-state index contributed by atoms with van der Waals surface area (Å²) in [4.78, 5) is 0. The van der Waals surface area contributed by atoms with Crippen molar-refractivity contribution in [1.29, 1.82) is 0 Å².